The molecule has 0 saturated heterocycles. The zero-order valence-corrected chi connectivity index (χ0v) is 7.06. The van der Waals surface area contributed by atoms with Gasteiger partial charge in [0.25, 0.3) is 0 Å². The van der Waals surface area contributed by atoms with Crippen molar-refractivity contribution in [3.63, 3.8) is 0 Å². The van der Waals surface area contributed by atoms with Crippen LogP contribution in [0.5, 0.6) is 0 Å². The van der Waals surface area contributed by atoms with Gasteiger partial charge in [0.2, 0.25) is 0 Å². The lowest BCUT2D eigenvalue weighted by Crippen LogP contribution is -1.81. The molecule has 0 radical (unpaired) electrons. The zero-order chi connectivity index (χ0) is 7.68. The summed E-state index contributed by atoms with van der Waals surface area (Å²) < 4.78 is 5.09. The fourth-order valence-electron chi connectivity index (χ4n) is 1.15. The summed E-state index contributed by atoms with van der Waals surface area (Å²) in [4.78, 5) is 0. The number of aromatic nitrogens is 2. The summed E-state index contributed by atoms with van der Waals surface area (Å²) in [7, 11) is 0. The van der Waals surface area contributed by atoms with Crippen LogP contribution >= 0.6 is 11.5 Å². The highest BCUT2D eigenvalue weighted by Crippen LogP contribution is 2.18. The van der Waals surface area contributed by atoms with Gasteiger partial charge in [0.15, 0.2) is 0 Å². The highest BCUT2D eigenvalue weighted by Gasteiger charge is 2.00. The van der Waals surface area contributed by atoms with Crippen molar-refractivity contribution in [1.29, 1.82) is 0 Å². The summed E-state index contributed by atoms with van der Waals surface area (Å²) in [6.45, 7) is 2.13. The average Bonchev–Trinajstić information content (AvgIpc) is 2.50. The van der Waals surface area contributed by atoms with E-state index in [4.69, 9.17) is 0 Å². The number of hydrogen-bond donors (Lipinski definition) is 0. The average molecular weight is 164 g/mol. The molecule has 1 aromatic carbocycles. The largest absolute Gasteiger partial charge is 0.138 e. The molecule has 2 rings (SSSR count). The van der Waals surface area contributed by atoms with Gasteiger partial charge in [0.05, 0.1) is 4.70 Å². The first kappa shape index (κ1) is 6.73. The molecule has 56 valence electrons. The Hall–Kier alpha value is -0.960. The summed E-state index contributed by atoms with van der Waals surface area (Å²) in [5, 5.41) is 4.06. The van der Waals surface area contributed by atoms with Crippen molar-refractivity contribution in [2.24, 2.45) is 0 Å². The van der Waals surface area contributed by atoms with Crippen molar-refractivity contribution >= 4 is 21.7 Å². The maximum absolute atomic E-state index is 4.06. The first-order chi connectivity index (χ1) is 5.42. The molecule has 1 heterocycles. The van der Waals surface area contributed by atoms with Crippen LogP contribution in [0.2, 0.25) is 0 Å². The van der Waals surface area contributed by atoms with E-state index < -0.39 is 0 Å². The number of fused-ring (bicyclic) bond motifs is 1. The van der Waals surface area contributed by atoms with Gasteiger partial charge in [0, 0.05) is 0 Å². The third-order valence-corrected chi connectivity index (χ3v) is 2.43. The lowest BCUT2D eigenvalue weighted by atomic mass is 10.1. The van der Waals surface area contributed by atoms with Gasteiger partial charge in [-0.3, -0.25) is 0 Å². The van der Waals surface area contributed by atoms with E-state index in [0.717, 1.165) is 11.9 Å². The van der Waals surface area contributed by atoms with Gasteiger partial charge in [-0.15, -0.1) is 5.10 Å². The van der Waals surface area contributed by atoms with Crippen molar-refractivity contribution in [3.05, 3.63) is 23.8 Å². The summed E-state index contributed by atoms with van der Waals surface area (Å²) in [5.74, 6) is 0. The highest BCUT2D eigenvalue weighted by molar-refractivity contribution is 7.12. The molecular weight excluding hydrogens is 156 g/mol. The molecule has 0 aliphatic rings. The van der Waals surface area contributed by atoms with Gasteiger partial charge < -0.3 is 0 Å². The standard InChI is InChI=1S/C8H8N2S/c1-2-6-4-3-5-7-8(6)9-10-11-7/h3-5H,2H2,1H3. The topological polar surface area (TPSA) is 25.8 Å². The predicted octanol–water partition coefficient (Wildman–Crippen LogP) is 2.25. The third kappa shape index (κ3) is 1.01. The Labute approximate surface area is 69.0 Å². The van der Waals surface area contributed by atoms with E-state index in [1.165, 1.54) is 21.8 Å². The lowest BCUT2D eigenvalue weighted by molar-refractivity contribution is 1.12. The maximum atomic E-state index is 4.06. The van der Waals surface area contributed by atoms with Crippen molar-refractivity contribution in [2.45, 2.75) is 13.3 Å². The Balaban J connectivity index is 2.79. The van der Waals surface area contributed by atoms with E-state index in [1.807, 2.05) is 0 Å². The molecule has 0 aliphatic heterocycles. The summed E-state index contributed by atoms with van der Waals surface area (Å²) in [5.41, 5.74) is 2.36. The highest BCUT2D eigenvalue weighted by atomic mass is 32.1. The fourth-order valence-corrected chi connectivity index (χ4v) is 1.75. The Morgan fingerprint density at radius 1 is 1.45 bits per heavy atom. The molecule has 0 amide bonds. The molecule has 0 aliphatic carbocycles. The van der Waals surface area contributed by atoms with Crippen LogP contribution in [0.4, 0.5) is 0 Å². The van der Waals surface area contributed by atoms with Gasteiger partial charge in [-0.25, -0.2) is 0 Å². The van der Waals surface area contributed by atoms with E-state index >= 15 is 0 Å². The Morgan fingerprint density at radius 3 is 3.18 bits per heavy atom. The number of hydrogen-bond acceptors (Lipinski definition) is 3. The molecule has 2 aromatic rings. The van der Waals surface area contributed by atoms with Crippen LogP contribution in [0.3, 0.4) is 0 Å². The number of benzene rings is 1. The van der Waals surface area contributed by atoms with Crippen molar-refractivity contribution in [2.75, 3.05) is 0 Å². The molecule has 11 heavy (non-hydrogen) atoms. The molecule has 0 unspecified atom stereocenters. The van der Waals surface area contributed by atoms with Crippen LogP contribution in [0, 0.1) is 0 Å². The van der Waals surface area contributed by atoms with Crippen molar-refractivity contribution < 1.29 is 0 Å². The minimum Gasteiger partial charge on any atom is -0.138 e. The smallest absolute Gasteiger partial charge is 0.109 e. The monoisotopic (exact) mass is 164 g/mol. The van der Waals surface area contributed by atoms with Gasteiger partial charge in [0.1, 0.15) is 5.52 Å². The van der Waals surface area contributed by atoms with Gasteiger partial charge >= 0.3 is 0 Å². The molecule has 3 heteroatoms. The third-order valence-electron chi connectivity index (χ3n) is 1.74. The van der Waals surface area contributed by atoms with E-state index in [1.54, 1.807) is 0 Å². The van der Waals surface area contributed by atoms with Crippen LogP contribution in [0.15, 0.2) is 18.2 Å². The molecular formula is C8H8N2S. The zero-order valence-electron chi connectivity index (χ0n) is 6.24. The summed E-state index contributed by atoms with van der Waals surface area (Å²) in [6, 6.07) is 6.21. The Morgan fingerprint density at radius 2 is 2.36 bits per heavy atom. The molecule has 2 nitrogen and oxygen atoms in total. The molecule has 0 atom stereocenters. The lowest BCUT2D eigenvalue weighted by Gasteiger charge is -1.93. The number of aryl methyl sites for hydroxylation is 1. The molecule has 1 aromatic heterocycles. The molecule has 0 N–H and O–H groups in total. The van der Waals surface area contributed by atoms with E-state index in [-0.39, 0.29) is 0 Å². The second kappa shape index (κ2) is 2.58. The summed E-state index contributed by atoms with van der Waals surface area (Å²) in [6.07, 6.45) is 1.03. The normalized spacial score (nSPS) is 10.6. The van der Waals surface area contributed by atoms with Gasteiger partial charge in [-0.1, -0.05) is 23.5 Å². The second-order valence-corrected chi connectivity index (χ2v) is 3.18. The first-order valence-electron chi connectivity index (χ1n) is 3.61. The second-order valence-electron chi connectivity index (χ2n) is 2.39. The van der Waals surface area contributed by atoms with Crippen LogP contribution in [-0.2, 0) is 6.42 Å². The number of nitrogens with zero attached hydrogens (tertiary/aromatic N) is 2. The van der Waals surface area contributed by atoms with Crippen LogP contribution in [-0.4, -0.2) is 9.59 Å². The quantitative estimate of drug-likeness (QED) is 0.646. The molecule has 0 fully saturated rings. The van der Waals surface area contributed by atoms with E-state index in [2.05, 4.69) is 34.7 Å². The summed E-state index contributed by atoms with van der Waals surface area (Å²) >= 11 is 1.46. The fraction of sp³-hybridized carbons (Fsp3) is 0.250. The maximum Gasteiger partial charge on any atom is 0.109 e. The molecule has 0 saturated carbocycles. The van der Waals surface area contributed by atoms with Crippen LogP contribution in [0.1, 0.15) is 12.5 Å². The predicted molar refractivity (Wildman–Crippen MR) is 46.8 cm³/mol. The Bertz CT molecular complexity index is 367. The van der Waals surface area contributed by atoms with Gasteiger partial charge in [-0.2, -0.15) is 0 Å². The first-order valence-corrected chi connectivity index (χ1v) is 4.39. The molecule has 0 bridgehead atoms. The van der Waals surface area contributed by atoms with Crippen LogP contribution < -0.4 is 0 Å². The van der Waals surface area contributed by atoms with E-state index in [0.29, 0.717) is 0 Å². The van der Waals surface area contributed by atoms with Crippen molar-refractivity contribution in [3.8, 4) is 0 Å². The minimum absolute atomic E-state index is 1.03. The van der Waals surface area contributed by atoms with Gasteiger partial charge in [-0.05, 0) is 29.6 Å². The van der Waals surface area contributed by atoms with E-state index in [9.17, 15) is 0 Å². The van der Waals surface area contributed by atoms with Crippen molar-refractivity contribution in [1.82, 2.24) is 9.59 Å². The Kier molecular flexibility index (Phi) is 1.58. The minimum atomic E-state index is 1.03. The SMILES string of the molecule is CCc1cccc2snnc12. The number of rotatable bonds is 1. The van der Waals surface area contributed by atoms with Crippen LogP contribution in [0.25, 0.3) is 10.2 Å². The molecule has 0 spiro atoms.